The summed E-state index contributed by atoms with van der Waals surface area (Å²) in [5.41, 5.74) is 0.368. The summed E-state index contributed by atoms with van der Waals surface area (Å²) < 4.78 is 23.8. The molecule has 0 saturated carbocycles. The van der Waals surface area contributed by atoms with Gasteiger partial charge in [0.15, 0.2) is 9.84 Å². The van der Waals surface area contributed by atoms with Gasteiger partial charge in [-0.15, -0.1) is 0 Å². The maximum absolute atomic E-state index is 11.9. The van der Waals surface area contributed by atoms with Crippen LogP contribution in [0.3, 0.4) is 0 Å². The molecule has 92 valence electrons. The first kappa shape index (κ1) is 13.7. The molecule has 4 nitrogen and oxygen atoms in total. The number of nitriles is 1. The number of nitrogens with one attached hydrogen (secondary N) is 1. The van der Waals surface area contributed by atoms with Gasteiger partial charge in [0, 0.05) is 6.54 Å². The molecule has 1 aromatic carbocycles. The summed E-state index contributed by atoms with van der Waals surface area (Å²) in [6, 6.07) is 8.05. The van der Waals surface area contributed by atoms with Crippen LogP contribution in [0.2, 0.25) is 0 Å². The lowest BCUT2D eigenvalue weighted by Crippen LogP contribution is -2.23. The van der Waals surface area contributed by atoms with Gasteiger partial charge in [0.2, 0.25) is 0 Å². The molecule has 0 atom stereocenters. The van der Waals surface area contributed by atoms with Gasteiger partial charge in [-0.3, -0.25) is 0 Å². The number of rotatable bonds is 6. The predicted molar refractivity (Wildman–Crippen MR) is 66.4 cm³/mol. The largest absolute Gasteiger partial charge is 0.316 e. The molecule has 1 rings (SSSR count). The molecular formula is C12H16N2O2S. The van der Waals surface area contributed by atoms with E-state index in [4.69, 9.17) is 5.26 Å². The zero-order valence-corrected chi connectivity index (χ0v) is 10.6. The summed E-state index contributed by atoms with van der Waals surface area (Å²) in [7, 11) is -3.29. The molecule has 5 heteroatoms. The topological polar surface area (TPSA) is 70.0 Å². The fraction of sp³-hybridized carbons (Fsp3) is 0.417. The van der Waals surface area contributed by atoms with Crippen molar-refractivity contribution < 1.29 is 8.42 Å². The summed E-state index contributed by atoms with van der Waals surface area (Å²) in [6.07, 6.45) is 0.976. The maximum Gasteiger partial charge on any atom is 0.179 e. The van der Waals surface area contributed by atoms with E-state index in [0.717, 1.165) is 13.0 Å². The average Bonchev–Trinajstić information content (AvgIpc) is 2.35. The Labute approximate surface area is 102 Å². The fourth-order valence-corrected chi connectivity index (χ4v) is 2.63. The van der Waals surface area contributed by atoms with Crippen molar-refractivity contribution in [1.82, 2.24) is 5.32 Å². The van der Waals surface area contributed by atoms with Gasteiger partial charge < -0.3 is 5.32 Å². The molecular weight excluding hydrogens is 236 g/mol. The van der Waals surface area contributed by atoms with E-state index >= 15 is 0 Å². The van der Waals surface area contributed by atoms with Gasteiger partial charge in [-0.2, -0.15) is 5.26 Å². The second kappa shape index (κ2) is 6.38. The molecule has 0 amide bonds. The normalized spacial score (nSPS) is 11.1. The summed E-state index contributed by atoms with van der Waals surface area (Å²) in [6.45, 7) is 3.28. The molecule has 0 aromatic heterocycles. The van der Waals surface area contributed by atoms with Crippen molar-refractivity contribution >= 4 is 9.84 Å². The quantitative estimate of drug-likeness (QED) is 0.775. The minimum atomic E-state index is -3.29. The van der Waals surface area contributed by atoms with E-state index in [-0.39, 0.29) is 10.6 Å². The second-order valence-corrected chi connectivity index (χ2v) is 5.82. The van der Waals surface area contributed by atoms with Crippen LogP contribution in [0, 0.1) is 11.3 Å². The third-order valence-electron chi connectivity index (χ3n) is 2.30. The minimum Gasteiger partial charge on any atom is -0.316 e. The number of nitrogens with zero attached hydrogens (tertiary/aromatic N) is 1. The Morgan fingerprint density at radius 3 is 2.76 bits per heavy atom. The highest BCUT2D eigenvalue weighted by Gasteiger charge is 2.13. The lowest BCUT2D eigenvalue weighted by Gasteiger charge is -2.05. The van der Waals surface area contributed by atoms with Crippen molar-refractivity contribution in [2.24, 2.45) is 0 Å². The van der Waals surface area contributed by atoms with Gasteiger partial charge in [-0.1, -0.05) is 13.0 Å². The maximum atomic E-state index is 11.9. The smallest absolute Gasteiger partial charge is 0.179 e. The Morgan fingerprint density at radius 2 is 2.12 bits per heavy atom. The van der Waals surface area contributed by atoms with Crippen LogP contribution in [0.25, 0.3) is 0 Å². The number of benzene rings is 1. The predicted octanol–water partition coefficient (Wildman–Crippen LogP) is 1.33. The molecule has 0 radical (unpaired) electrons. The Bertz CT molecular complexity index is 503. The average molecular weight is 252 g/mol. The van der Waals surface area contributed by atoms with E-state index in [9.17, 15) is 8.42 Å². The fourth-order valence-electron chi connectivity index (χ4n) is 1.39. The van der Waals surface area contributed by atoms with Crippen LogP contribution in [-0.2, 0) is 9.84 Å². The van der Waals surface area contributed by atoms with Gasteiger partial charge in [-0.05, 0) is 31.2 Å². The molecule has 1 N–H and O–H groups in total. The van der Waals surface area contributed by atoms with Crippen molar-refractivity contribution in [3.8, 4) is 6.07 Å². The molecule has 0 fully saturated rings. The molecule has 1 aromatic rings. The molecule has 0 bridgehead atoms. The van der Waals surface area contributed by atoms with Gasteiger partial charge >= 0.3 is 0 Å². The highest BCUT2D eigenvalue weighted by molar-refractivity contribution is 7.91. The molecule has 0 aliphatic rings. The third kappa shape index (κ3) is 4.17. The van der Waals surface area contributed by atoms with E-state index in [2.05, 4.69) is 5.32 Å². The standard InChI is InChI=1S/C12H16N2O2S/c1-2-6-14-7-8-17(15,16)12-5-3-4-11(9-12)10-13/h3-5,9,14H,2,6-8H2,1H3. The Balaban J connectivity index is 2.73. The van der Waals surface area contributed by atoms with E-state index in [1.165, 1.54) is 12.1 Å². The van der Waals surface area contributed by atoms with Crippen molar-refractivity contribution in [2.45, 2.75) is 18.2 Å². The first-order valence-corrected chi connectivity index (χ1v) is 7.19. The molecule has 17 heavy (non-hydrogen) atoms. The number of hydrogen-bond donors (Lipinski definition) is 1. The van der Waals surface area contributed by atoms with Crippen LogP contribution in [0.1, 0.15) is 18.9 Å². The van der Waals surface area contributed by atoms with Crippen LogP contribution < -0.4 is 5.32 Å². The minimum absolute atomic E-state index is 0.0574. The lowest BCUT2D eigenvalue weighted by molar-refractivity contribution is 0.590. The first-order chi connectivity index (χ1) is 8.10. The Hall–Kier alpha value is -1.38. The van der Waals surface area contributed by atoms with E-state index in [1.54, 1.807) is 12.1 Å². The van der Waals surface area contributed by atoms with Crippen molar-refractivity contribution in [3.63, 3.8) is 0 Å². The molecule has 0 saturated heterocycles. The summed E-state index contributed by atoms with van der Waals surface area (Å²) in [5.74, 6) is 0.0574. The van der Waals surface area contributed by atoms with E-state index < -0.39 is 9.84 Å². The summed E-state index contributed by atoms with van der Waals surface area (Å²) >= 11 is 0. The van der Waals surface area contributed by atoms with Gasteiger partial charge in [0.1, 0.15) is 0 Å². The van der Waals surface area contributed by atoms with Gasteiger partial charge in [0.25, 0.3) is 0 Å². The molecule has 0 unspecified atom stereocenters. The zero-order valence-electron chi connectivity index (χ0n) is 9.81. The van der Waals surface area contributed by atoms with Crippen LogP contribution in [0.4, 0.5) is 0 Å². The van der Waals surface area contributed by atoms with Crippen molar-refractivity contribution in [3.05, 3.63) is 29.8 Å². The van der Waals surface area contributed by atoms with E-state index in [0.29, 0.717) is 12.1 Å². The zero-order chi connectivity index (χ0) is 12.7. The highest BCUT2D eigenvalue weighted by atomic mass is 32.2. The highest BCUT2D eigenvalue weighted by Crippen LogP contribution is 2.12. The van der Waals surface area contributed by atoms with Crippen LogP contribution in [0.5, 0.6) is 0 Å². The van der Waals surface area contributed by atoms with Crippen LogP contribution in [-0.4, -0.2) is 27.3 Å². The molecule has 0 aliphatic heterocycles. The van der Waals surface area contributed by atoms with Gasteiger partial charge in [-0.25, -0.2) is 8.42 Å². The summed E-state index contributed by atoms with van der Waals surface area (Å²) in [5, 5.41) is 11.8. The Morgan fingerprint density at radius 1 is 1.35 bits per heavy atom. The number of sulfone groups is 1. The van der Waals surface area contributed by atoms with Gasteiger partial charge in [0.05, 0.1) is 22.3 Å². The van der Waals surface area contributed by atoms with Crippen LogP contribution in [0.15, 0.2) is 29.2 Å². The SMILES string of the molecule is CCCNCCS(=O)(=O)c1cccc(C#N)c1. The number of hydrogen-bond acceptors (Lipinski definition) is 4. The third-order valence-corrected chi connectivity index (χ3v) is 4.01. The second-order valence-electron chi connectivity index (χ2n) is 3.71. The first-order valence-electron chi connectivity index (χ1n) is 5.54. The lowest BCUT2D eigenvalue weighted by atomic mass is 10.2. The molecule has 0 heterocycles. The summed E-state index contributed by atoms with van der Waals surface area (Å²) in [4.78, 5) is 0.217. The molecule has 0 aliphatic carbocycles. The Kier molecular flexibility index (Phi) is 5.13. The van der Waals surface area contributed by atoms with Crippen molar-refractivity contribution in [2.75, 3.05) is 18.8 Å². The van der Waals surface area contributed by atoms with Crippen molar-refractivity contribution in [1.29, 1.82) is 5.26 Å². The monoisotopic (exact) mass is 252 g/mol. The molecule has 0 spiro atoms. The van der Waals surface area contributed by atoms with Crippen LogP contribution >= 0.6 is 0 Å². The van der Waals surface area contributed by atoms with E-state index in [1.807, 2.05) is 13.0 Å².